The number of rotatable bonds is 17. The highest BCUT2D eigenvalue weighted by molar-refractivity contribution is 14.1. The fourth-order valence-electron chi connectivity index (χ4n) is 2.08. The van der Waals surface area contributed by atoms with E-state index in [9.17, 15) is 0 Å². The molecule has 0 unspecified atom stereocenters. The number of hydrogen-bond donors (Lipinski definition) is 0. The van der Waals surface area contributed by atoms with E-state index in [0.717, 1.165) is 13.0 Å². The molecule has 1 aromatic rings. The molecule has 0 radical (unpaired) electrons. The first-order chi connectivity index (χ1) is 11.9. The molecule has 0 aliphatic rings. The van der Waals surface area contributed by atoms with Crippen molar-refractivity contribution < 1.29 is 18.9 Å². The molecule has 0 saturated heterocycles. The zero-order valence-electron chi connectivity index (χ0n) is 14.6. The van der Waals surface area contributed by atoms with E-state index in [0.29, 0.717) is 46.2 Å². The monoisotopic (exact) mass is 450 g/mol. The molecule has 0 N–H and O–H groups in total. The van der Waals surface area contributed by atoms with Crippen molar-refractivity contribution in [2.45, 2.75) is 32.3 Å². The zero-order valence-corrected chi connectivity index (χ0v) is 16.7. The van der Waals surface area contributed by atoms with Crippen LogP contribution in [0.15, 0.2) is 30.3 Å². The van der Waals surface area contributed by atoms with Crippen LogP contribution in [0.2, 0.25) is 0 Å². The molecule has 0 fully saturated rings. The van der Waals surface area contributed by atoms with Crippen molar-refractivity contribution in [3.8, 4) is 0 Å². The third kappa shape index (κ3) is 14.2. The van der Waals surface area contributed by atoms with Crippen LogP contribution in [-0.4, -0.2) is 50.7 Å². The summed E-state index contributed by atoms with van der Waals surface area (Å²) >= 11 is 2.42. The first-order valence-electron chi connectivity index (χ1n) is 8.84. The fourth-order valence-corrected chi connectivity index (χ4v) is 2.62. The van der Waals surface area contributed by atoms with Gasteiger partial charge in [-0.2, -0.15) is 0 Å². The van der Waals surface area contributed by atoms with E-state index in [1.807, 2.05) is 18.2 Å². The van der Waals surface area contributed by atoms with Crippen molar-refractivity contribution in [3.05, 3.63) is 35.9 Å². The molecule has 0 saturated carbocycles. The number of halogens is 1. The van der Waals surface area contributed by atoms with Gasteiger partial charge in [-0.1, -0.05) is 65.8 Å². The van der Waals surface area contributed by atoms with Gasteiger partial charge in [0.15, 0.2) is 0 Å². The summed E-state index contributed by atoms with van der Waals surface area (Å²) in [6.07, 6.45) is 5.06. The predicted octanol–water partition coefficient (Wildman–Crippen LogP) is 4.25. The highest BCUT2D eigenvalue weighted by Gasteiger charge is 1.94. The van der Waals surface area contributed by atoms with Crippen LogP contribution < -0.4 is 0 Å². The van der Waals surface area contributed by atoms with E-state index in [4.69, 9.17) is 18.9 Å². The lowest BCUT2D eigenvalue weighted by atomic mass is 10.2. The minimum absolute atomic E-state index is 0.601. The van der Waals surface area contributed by atoms with Gasteiger partial charge in [-0.05, 0) is 22.8 Å². The van der Waals surface area contributed by atoms with Crippen LogP contribution in [-0.2, 0) is 25.6 Å². The summed E-state index contributed by atoms with van der Waals surface area (Å²) in [4.78, 5) is 0. The van der Waals surface area contributed by atoms with Gasteiger partial charge in [-0.3, -0.25) is 0 Å². The number of hydrogen-bond acceptors (Lipinski definition) is 4. The van der Waals surface area contributed by atoms with E-state index < -0.39 is 0 Å². The summed E-state index contributed by atoms with van der Waals surface area (Å²) in [6, 6.07) is 10.2. The molecule has 138 valence electrons. The number of benzene rings is 1. The molecule has 1 aromatic carbocycles. The average Bonchev–Trinajstić information content (AvgIpc) is 2.62. The van der Waals surface area contributed by atoms with Crippen molar-refractivity contribution in [2.24, 2.45) is 0 Å². The summed E-state index contributed by atoms with van der Waals surface area (Å²) in [7, 11) is 0. The standard InChI is InChI=1S/C19H31IO4/c20-10-6-1-2-7-11-21-12-13-22-14-15-23-16-17-24-18-19-8-4-3-5-9-19/h3-5,8-9H,1-2,6-7,10-18H2. The largest absolute Gasteiger partial charge is 0.379 e. The van der Waals surface area contributed by atoms with Crippen LogP contribution in [0.5, 0.6) is 0 Å². The molecule has 0 aliphatic carbocycles. The second kappa shape index (κ2) is 17.6. The molecule has 0 aliphatic heterocycles. The van der Waals surface area contributed by atoms with Gasteiger partial charge in [-0.25, -0.2) is 0 Å². The lowest BCUT2D eigenvalue weighted by molar-refractivity contribution is -0.00439. The SMILES string of the molecule is ICCCCCCOCCOCCOCCOCc1ccccc1. The molecule has 1 rings (SSSR count). The Morgan fingerprint density at radius 2 is 1.12 bits per heavy atom. The maximum Gasteiger partial charge on any atom is 0.0718 e. The molecule has 0 bridgehead atoms. The first kappa shape index (κ1) is 21.8. The maximum atomic E-state index is 5.54. The van der Waals surface area contributed by atoms with Gasteiger partial charge in [0.2, 0.25) is 0 Å². The Hall–Kier alpha value is -0.210. The fraction of sp³-hybridized carbons (Fsp3) is 0.684. The minimum Gasteiger partial charge on any atom is -0.379 e. The Balaban J connectivity index is 1.70. The van der Waals surface area contributed by atoms with Crippen LogP contribution in [0.4, 0.5) is 0 Å². The molecule has 0 heterocycles. The number of ether oxygens (including phenoxy) is 4. The Kier molecular flexibility index (Phi) is 16.0. The lowest BCUT2D eigenvalue weighted by Crippen LogP contribution is -2.12. The van der Waals surface area contributed by atoms with Gasteiger partial charge in [0.25, 0.3) is 0 Å². The Morgan fingerprint density at radius 1 is 0.583 bits per heavy atom. The molecular weight excluding hydrogens is 419 g/mol. The molecule has 0 spiro atoms. The lowest BCUT2D eigenvalue weighted by Gasteiger charge is -2.07. The maximum absolute atomic E-state index is 5.54. The Bertz CT molecular complexity index is 362. The molecule has 5 heteroatoms. The normalized spacial score (nSPS) is 11.0. The molecule has 0 amide bonds. The molecule has 24 heavy (non-hydrogen) atoms. The number of alkyl halides is 1. The summed E-state index contributed by atoms with van der Waals surface area (Å²) in [5.41, 5.74) is 1.19. The second-order valence-electron chi connectivity index (χ2n) is 5.48. The summed E-state index contributed by atoms with van der Waals surface area (Å²) < 4.78 is 23.3. The van der Waals surface area contributed by atoms with Gasteiger partial charge < -0.3 is 18.9 Å². The second-order valence-corrected chi connectivity index (χ2v) is 6.56. The minimum atomic E-state index is 0.601. The van der Waals surface area contributed by atoms with Crippen LogP contribution in [0.25, 0.3) is 0 Å². The molecule has 0 aromatic heterocycles. The van der Waals surface area contributed by atoms with Gasteiger partial charge in [0.05, 0.1) is 46.2 Å². The van der Waals surface area contributed by atoms with E-state index in [1.54, 1.807) is 0 Å². The van der Waals surface area contributed by atoms with Crippen LogP contribution in [0, 0.1) is 0 Å². The smallest absolute Gasteiger partial charge is 0.0718 e. The summed E-state index contributed by atoms with van der Waals surface area (Å²) in [6.45, 7) is 5.21. The van der Waals surface area contributed by atoms with Gasteiger partial charge in [0.1, 0.15) is 0 Å². The van der Waals surface area contributed by atoms with Crippen LogP contribution in [0.3, 0.4) is 0 Å². The third-order valence-corrected chi connectivity index (χ3v) is 4.16. The van der Waals surface area contributed by atoms with Gasteiger partial charge in [0, 0.05) is 6.61 Å². The summed E-state index contributed by atoms with van der Waals surface area (Å²) in [5, 5.41) is 0. The molecular formula is C19H31IO4. The Morgan fingerprint density at radius 3 is 1.75 bits per heavy atom. The zero-order chi connectivity index (χ0) is 17.1. The topological polar surface area (TPSA) is 36.9 Å². The average molecular weight is 450 g/mol. The highest BCUT2D eigenvalue weighted by Crippen LogP contribution is 2.02. The van der Waals surface area contributed by atoms with E-state index in [1.165, 1.54) is 29.3 Å². The van der Waals surface area contributed by atoms with E-state index in [-0.39, 0.29) is 0 Å². The quantitative estimate of drug-likeness (QED) is 0.202. The summed E-state index contributed by atoms with van der Waals surface area (Å²) in [5.74, 6) is 0. The third-order valence-electron chi connectivity index (χ3n) is 3.40. The van der Waals surface area contributed by atoms with Crippen molar-refractivity contribution in [1.82, 2.24) is 0 Å². The molecule has 0 atom stereocenters. The van der Waals surface area contributed by atoms with Crippen molar-refractivity contribution >= 4 is 22.6 Å². The van der Waals surface area contributed by atoms with Gasteiger partial charge in [-0.15, -0.1) is 0 Å². The van der Waals surface area contributed by atoms with Crippen molar-refractivity contribution in [2.75, 3.05) is 50.7 Å². The van der Waals surface area contributed by atoms with Crippen LogP contribution >= 0.6 is 22.6 Å². The van der Waals surface area contributed by atoms with E-state index >= 15 is 0 Å². The highest BCUT2D eigenvalue weighted by atomic mass is 127. The predicted molar refractivity (Wildman–Crippen MR) is 106 cm³/mol. The van der Waals surface area contributed by atoms with Crippen LogP contribution in [0.1, 0.15) is 31.2 Å². The Labute approximate surface area is 160 Å². The number of unbranched alkanes of at least 4 members (excludes halogenated alkanes) is 3. The van der Waals surface area contributed by atoms with Crippen molar-refractivity contribution in [3.63, 3.8) is 0 Å². The van der Waals surface area contributed by atoms with E-state index in [2.05, 4.69) is 34.7 Å². The van der Waals surface area contributed by atoms with Gasteiger partial charge >= 0.3 is 0 Å². The van der Waals surface area contributed by atoms with Crippen molar-refractivity contribution in [1.29, 1.82) is 0 Å². The molecule has 4 nitrogen and oxygen atoms in total. The first-order valence-corrected chi connectivity index (χ1v) is 10.4.